The monoisotopic (exact) mass is 343 g/mol. The summed E-state index contributed by atoms with van der Waals surface area (Å²) in [5.74, 6) is 0.665. The first-order valence-electron chi connectivity index (χ1n) is 7.45. The van der Waals surface area contributed by atoms with Gasteiger partial charge in [-0.1, -0.05) is 12.1 Å². The van der Waals surface area contributed by atoms with Gasteiger partial charge in [-0.05, 0) is 30.7 Å². The Morgan fingerprint density at radius 2 is 2.08 bits per heavy atom. The number of carbonyl (C=O) groups is 2. The van der Waals surface area contributed by atoms with Crippen LogP contribution in [0, 0.1) is 0 Å². The van der Waals surface area contributed by atoms with Gasteiger partial charge in [-0.15, -0.1) is 11.8 Å². The molecule has 0 fully saturated rings. The van der Waals surface area contributed by atoms with Gasteiger partial charge in [0.1, 0.15) is 0 Å². The van der Waals surface area contributed by atoms with E-state index in [1.807, 2.05) is 25.1 Å². The Morgan fingerprint density at radius 3 is 2.79 bits per heavy atom. The Hall–Kier alpha value is -2.54. The Bertz CT molecular complexity index is 777. The molecule has 0 aliphatic carbocycles. The maximum absolute atomic E-state index is 11.6. The van der Waals surface area contributed by atoms with E-state index in [4.69, 9.17) is 4.74 Å². The number of carbonyl (C=O) groups excluding carboxylic acids is 2. The molecule has 0 radical (unpaired) electrons. The van der Waals surface area contributed by atoms with Crippen LogP contribution in [0.4, 0.5) is 11.5 Å². The van der Waals surface area contributed by atoms with Gasteiger partial charge in [0.05, 0.1) is 30.2 Å². The summed E-state index contributed by atoms with van der Waals surface area (Å²) in [5.41, 5.74) is 2.22. The summed E-state index contributed by atoms with van der Waals surface area (Å²) in [6, 6.07) is 9.04. The van der Waals surface area contributed by atoms with Gasteiger partial charge in [0.2, 0.25) is 5.91 Å². The van der Waals surface area contributed by atoms with E-state index < -0.39 is 0 Å². The molecule has 6 nitrogen and oxygen atoms in total. The molecule has 0 spiro atoms. The van der Waals surface area contributed by atoms with E-state index in [1.54, 1.807) is 18.3 Å². The zero-order valence-corrected chi connectivity index (χ0v) is 14.1. The Morgan fingerprint density at radius 1 is 1.33 bits per heavy atom. The van der Waals surface area contributed by atoms with Crippen LogP contribution in [0.25, 0.3) is 0 Å². The van der Waals surface area contributed by atoms with Crippen LogP contribution in [0.2, 0.25) is 0 Å². The summed E-state index contributed by atoms with van der Waals surface area (Å²) >= 11 is 1.50. The molecule has 2 aromatic rings. The van der Waals surface area contributed by atoms with Gasteiger partial charge < -0.3 is 15.4 Å². The Labute approximate surface area is 144 Å². The van der Waals surface area contributed by atoms with Crippen LogP contribution in [0.1, 0.15) is 28.9 Å². The van der Waals surface area contributed by atoms with Crippen molar-refractivity contribution in [2.45, 2.75) is 17.9 Å². The van der Waals surface area contributed by atoms with Gasteiger partial charge in [0, 0.05) is 11.1 Å². The molecule has 3 rings (SSSR count). The van der Waals surface area contributed by atoms with E-state index in [9.17, 15) is 9.59 Å². The van der Waals surface area contributed by atoms with Crippen LogP contribution < -0.4 is 10.6 Å². The van der Waals surface area contributed by atoms with E-state index >= 15 is 0 Å². The molecule has 1 aliphatic heterocycles. The zero-order chi connectivity index (χ0) is 17.1. The second-order valence-electron chi connectivity index (χ2n) is 5.35. The fraction of sp³-hybridized carbons (Fsp3) is 0.235. The van der Waals surface area contributed by atoms with E-state index in [0.717, 1.165) is 16.1 Å². The number of benzene rings is 1. The first kappa shape index (κ1) is 16.3. The number of pyridine rings is 1. The van der Waals surface area contributed by atoms with Gasteiger partial charge in [0.15, 0.2) is 5.82 Å². The van der Waals surface area contributed by atoms with Gasteiger partial charge in [-0.25, -0.2) is 9.78 Å². The third-order valence-corrected chi connectivity index (χ3v) is 4.78. The highest BCUT2D eigenvalue weighted by Crippen LogP contribution is 2.36. The number of hydrogen-bond acceptors (Lipinski definition) is 6. The number of ether oxygens (including phenoxy) is 1. The number of thioether (sulfide) groups is 1. The lowest BCUT2D eigenvalue weighted by Crippen LogP contribution is -2.21. The van der Waals surface area contributed by atoms with Crippen LogP contribution in [0.15, 0.2) is 41.4 Å². The number of fused-ring (bicyclic) bond motifs is 1. The number of anilines is 2. The molecule has 1 aromatic heterocycles. The zero-order valence-electron chi connectivity index (χ0n) is 13.3. The number of amides is 1. The van der Waals surface area contributed by atoms with E-state index in [-0.39, 0.29) is 17.9 Å². The lowest BCUT2D eigenvalue weighted by Gasteiger charge is -2.22. The van der Waals surface area contributed by atoms with Gasteiger partial charge >= 0.3 is 5.97 Å². The molecular formula is C17H17N3O3S. The largest absolute Gasteiger partial charge is 0.465 e. The number of methoxy groups -OCH3 is 1. The fourth-order valence-corrected chi connectivity index (χ4v) is 3.24. The molecule has 1 aromatic carbocycles. The summed E-state index contributed by atoms with van der Waals surface area (Å²) in [4.78, 5) is 28.5. The van der Waals surface area contributed by atoms with Crippen molar-refractivity contribution >= 4 is 35.1 Å². The quantitative estimate of drug-likeness (QED) is 0.831. The number of hydrogen-bond donors (Lipinski definition) is 2. The number of aromatic nitrogens is 1. The molecule has 2 N–H and O–H groups in total. The highest BCUT2D eigenvalue weighted by Gasteiger charge is 2.20. The lowest BCUT2D eigenvalue weighted by molar-refractivity contribution is -0.113. The molecule has 0 bridgehead atoms. The van der Waals surface area contributed by atoms with Gasteiger partial charge in [-0.2, -0.15) is 0 Å². The molecule has 0 saturated carbocycles. The topological polar surface area (TPSA) is 80.3 Å². The third kappa shape index (κ3) is 3.35. The van der Waals surface area contributed by atoms with Crippen molar-refractivity contribution in [3.8, 4) is 0 Å². The summed E-state index contributed by atoms with van der Waals surface area (Å²) in [6.07, 6.45) is 1.72. The minimum absolute atomic E-state index is 0.0290. The average Bonchev–Trinajstić information content (AvgIpc) is 2.61. The van der Waals surface area contributed by atoms with Crippen molar-refractivity contribution in [1.82, 2.24) is 4.98 Å². The van der Waals surface area contributed by atoms with Crippen LogP contribution in [-0.4, -0.2) is 29.7 Å². The van der Waals surface area contributed by atoms with E-state index in [0.29, 0.717) is 17.1 Å². The molecule has 124 valence electrons. The first-order chi connectivity index (χ1) is 11.6. The van der Waals surface area contributed by atoms with Crippen molar-refractivity contribution in [1.29, 1.82) is 0 Å². The summed E-state index contributed by atoms with van der Waals surface area (Å²) in [7, 11) is 1.36. The minimum atomic E-state index is -0.360. The Balaban J connectivity index is 1.79. The van der Waals surface area contributed by atoms with Crippen LogP contribution in [0.5, 0.6) is 0 Å². The molecule has 1 atom stereocenters. The maximum Gasteiger partial charge on any atom is 0.337 e. The highest BCUT2D eigenvalue weighted by molar-refractivity contribution is 8.00. The number of esters is 1. The molecule has 0 saturated heterocycles. The molecule has 1 aliphatic rings. The van der Waals surface area contributed by atoms with Crippen molar-refractivity contribution in [2.24, 2.45) is 0 Å². The second-order valence-corrected chi connectivity index (χ2v) is 6.37. The number of nitrogens with one attached hydrogen (secondary N) is 2. The maximum atomic E-state index is 11.6. The standard InChI is InChI=1S/C17H17N3O3S/c1-10(11-3-5-12(6-4-11)17(22)23-2)19-16-15-13(7-8-18-16)24-9-14(21)20-15/h3-8,10H,9H2,1-2H3,(H,18,19)(H,20,21)/t10-/m0/s1. The summed E-state index contributed by atoms with van der Waals surface area (Å²) in [5, 5.41) is 6.19. The number of rotatable bonds is 4. The summed E-state index contributed by atoms with van der Waals surface area (Å²) in [6.45, 7) is 1.99. The fourth-order valence-electron chi connectivity index (χ4n) is 2.43. The minimum Gasteiger partial charge on any atom is -0.465 e. The second kappa shape index (κ2) is 6.92. The Kier molecular flexibility index (Phi) is 4.71. The summed E-state index contributed by atoms with van der Waals surface area (Å²) < 4.78 is 4.70. The van der Waals surface area contributed by atoms with E-state index in [1.165, 1.54) is 18.9 Å². The molecule has 0 unspecified atom stereocenters. The molecular weight excluding hydrogens is 326 g/mol. The SMILES string of the molecule is COC(=O)c1ccc([C@H](C)Nc2nccc3c2NC(=O)CS3)cc1. The molecule has 1 amide bonds. The van der Waals surface area contributed by atoms with Crippen LogP contribution in [-0.2, 0) is 9.53 Å². The normalized spacial score (nSPS) is 14.3. The predicted molar refractivity (Wildman–Crippen MR) is 93.4 cm³/mol. The van der Waals surface area contributed by atoms with Crippen molar-refractivity contribution in [3.05, 3.63) is 47.7 Å². The van der Waals surface area contributed by atoms with Gasteiger partial charge in [0.25, 0.3) is 0 Å². The average molecular weight is 343 g/mol. The molecule has 24 heavy (non-hydrogen) atoms. The predicted octanol–water partition coefficient (Wildman–Crippen LogP) is 3.09. The smallest absolute Gasteiger partial charge is 0.337 e. The lowest BCUT2D eigenvalue weighted by atomic mass is 10.1. The van der Waals surface area contributed by atoms with E-state index in [2.05, 4.69) is 15.6 Å². The molecule has 7 heteroatoms. The van der Waals surface area contributed by atoms with Crippen LogP contribution in [0.3, 0.4) is 0 Å². The first-order valence-corrected chi connectivity index (χ1v) is 8.43. The van der Waals surface area contributed by atoms with Crippen molar-refractivity contribution < 1.29 is 14.3 Å². The van der Waals surface area contributed by atoms with Gasteiger partial charge in [-0.3, -0.25) is 4.79 Å². The molecule has 2 heterocycles. The number of nitrogens with zero attached hydrogens (tertiary/aromatic N) is 1. The van der Waals surface area contributed by atoms with Crippen molar-refractivity contribution in [2.75, 3.05) is 23.5 Å². The third-order valence-electron chi connectivity index (χ3n) is 3.72. The highest BCUT2D eigenvalue weighted by atomic mass is 32.2. The van der Waals surface area contributed by atoms with Crippen molar-refractivity contribution in [3.63, 3.8) is 0 Å². The van der Waals surface area contributed by atoms with Crippen LogP contribution >= 0.6 is 11.8 Å².